The van der Waals surface area contributed by atoms with Gasteiger partial charge in [-0.25, -0.2) is 0 Å². The molecule has 8 saturated heterocycles. The summed E-state index contributed by atoms with van der Waals surface area (Å²) in [4.78, 5) is 14.8. The van der Waals surface area contributed by atoms with Crippen LogP contribution in [0, 0.1) is 11.8 Å². The Bertz CT molecular complexity index is 1910. The van der Waals surface area contributed by atoms with Gasteiger partial charge < -0.3 is 56.3 Å². The molecule has 0 aromatic carbocycles. The zero-order chi connectivity index (χ0) is 55.1. The molecule has 0 aromatic rings. The van der Waals surface area contributed by atoms with Crippen LogP contribution in [0.3, 0.4) is 0 Å². The summed E-state index contributed by atoms with van der Waals surface area (Å²) in [6, 6.07) is 3.45. The van der Waals surface area contributed by atoms with Crippen molar-refractivity contribution >= 4 is 46.7 Å². The Morgan fingerprint density at radius 1 is 0.827 bits per heavy atom. The van der Waals surface area contributed by atoms with Crippen molar-refractivity contribution in [2.75, 3.05) is 20.3 Å². The Hall–Kier alpha value is -0.199. The van der Waals surface area contributed by atoms with Crippen molar-refractivity contribution < 1.29 is 61.1 Å². The van der Waals surface area contributed by atoms with E-state index >= 15 is 0 Å². The third-order valence-corrected chi connectivity index (χ3v) is 33.9. The average molecular weight is 1170 g/mol. The standard InChI is InChI=1S/C58H103BrO13Si3/c1-18-75(19-2,20-3)63-27-21-22-41-28-36(4)38(6)46(65-41)33-47-44(50(62-13)48(67-47)32-43(72-74(16,17)57(10,11)12)35-64-73(14,15)56(7,8)9)31-40(61)30-42-23-24-45-51(66-42)55-54-53(68-45)52-49(69-54)34-58(70-52,71-55)26-25-39(60)29-37(5)59/h36,39,41-55,60H,5-6,18-35H2,1-4,7-17H3/t36?,39?,41?,42?,43?,44?,45?,46?,47-,48+,49?,50+,51-,52?,53-,54?,55?,58-/m0/s1. The monoisotopic (exact) mass is 1170 g/mol. The first-order valence-electron chi connectivity index (χ1n) is 29.4. The minimum atomic E-state index is -2.25. The van der Waals surface area contributed by atoms with Crippen molar-refractivity contribution in [3.63, 3.8) is 0 Å². The van der Waals surface area contributed by atoms with Crippen LogP contribution in [0.1, 0.15) is 153 Å². The molecule has 0 amide bonds. The third-order valence-electron chi connectivity index (χ3n) is 19.8. The highest BCUT2D eigenvalue weighted by atomic mass is 79.9. The van der Waals surface area contributed by atoms with Crippen molar-refractivity contribution in [1.29, 1.82) is 0 Å². The van der Waals surface area contributed by atoms with Crippen LogP contribution in [-0.2, 0) is 56.0 Å². The number of methoxy groups -OCH3 is 1. The zero-order valence-corrected chi connectivity index (χ0v) is 53.8. The molecular formula is C58H103BrO13Si3. The summed E-state index contributed by atoms with van der Waals surface area (Å²) >= 11 is 3.40. The van der Waals surface area contributed by atoms with E-state index in [0.29, 0.717) is 57.5 Å². The van der Waals surface area contributed by atoms with Crippen LogP contribution in [0.4, 0.5) is 0 Å². The van der Waals surface area contributed by atoms with E-state index in [9.17, 15) is 9.90 Å². The fourth-order valence-electron chi connectivity index (χ4n) is 12.9. The first kappa shape index (κ1) is 62.4. The fraction of sp³-hybridized carbons (Fsp3) is 0.914. The smallest absolute Gasteiger partial charge is 0.192 e. The van der Waals surface area contributed by atoms with Crippen molar-refractivity contribution in [2.24, 2.45) is 11.8 Å². The Morgan fingerprint density at radius 3 is 2.12 bits per heavy atom. The minimum Gasteiger partial charge on any atom is -0.417 e. The lowest BCUT2D eigenvalue weighted by Crippen LogP contribution is -2.61. The predicted molar refractivity (Wildman–Crippen MR) is 306 cm³/mol. The van der Waals surface area contributed by atoms with Gasteiger partial charge in [-0.15, -0.1) is 0 Å². The maximum Gasteiger partial charge on any atom is 0.192 e. The first-order valence-corrected chi connectivity index (χ1v) is 38.5. The Kier molecular flexibility index (Phi) is 20.9. The van der Waals surface area contributed by atoms with Gasteiger partial charge in [0.25, 0.3) is 0 Å². The topological polar surface area (TPSA) is 139 Å². The molecule has 0 spiro atoms. The average Bonchev–Trinajstić information content (AvgIpc) is 3.89. The summed E-state index contributed by atoms with van der Waals surface area (Å²) in [5.41, 5.74) is 1.09. The van der Waals surface area contributed by atoms with Crippen molar-refractivity contribution in [3.05, 3.63) is 23.2 Å². The number of carbonyl (C=O) groups is 1. The molecule has 0 aromatic heterocycles. The highest BCUT2D eigenvalue weighted by Crippen LogP contribution is 2.54. The number of rotatable bonds is 27. The molecule has 8 heterocycles. The van der Waals surface area contributed by atoms with Gasteiger partial charge in [0.05, 0.1) is 67.6 Å². The van der Waals surface area contributed by atoms with Gasteiger partial charge in [0.2, 0.25) is 0 Å². The molecule has 17 heteroatoms. The molecule has 6 bridgehead atoms. The molecule has 8 fully saturated rings. The van der Waals surface area contributed by atoms with Crippen LogP contribution in [0.25, 0.3) is 0 Å². The maximum atomic E-state index is 14.8. The van der Waals surface area contributed by atoms with Crippen molar-refractivity contribution in [2.45, 2.75) is 304 Å². The molecule has 0 aliphatic carbocycles. The molecular weight excluding hydrogens is 1070 g/mol. The number of aliphatic hydroxyl groups excluding tert-OH is 1. The van der Waals surface area contributed by atoms with E-state index in [4.69, 9.17) is 51.2 Å². The van der Waals surface area contributed by atoms with Crippen LogP contribution in [0.15, 0.2) is 23.2 Å². The number of hydrogen-bond donors (Lipinski definition) is 1. The van der Waals surface area contributed by atoms with Crippen LogP contribution in [-0.4, -0.2) is 154 Å². The summed E-state index contributed by atoms with van der Waals surface area (Å²) in [6.07, 6.45) is 3.86. The number of Topliss-reactive ketones (excluding diaryl/α,β-unsaturated/α-hetero) is 1. The summed E-state index contributed by atoms with van der Waals surface area (Å²) in [5.74, 6) is -0.724. The molecule has 432 valence electrons. The van der Waals surface area contributed by atoms with E-state index in [2.05, 4.69) is 125 Å². The van der Waals surface area contributed by atoms with E-state index in [-0.39, 0.29) is 108 Å². The third kappa shape index (κ3) is 14.5. The lowest BCUT2D eigenvalue weighted by molar-refractivity contribution is -0.292. The molecule has 0 radical (unpaired) electrons. The SMILES string of the molecule is C=C(Br)CC(O)CC[C@@]12CC3OC4C(O1)[C@H]1OC(CC(=O)CC5[C@H](CC6OC(CCCO[Si](CC)(CC)CC)CC(C)C6=C)O[C@H](CC(CO[Si](C)(C)C(C)(C)C)O[Si](C)(C)C(C)(C)C)[C@@H]5OC)CCC1O[C@H]4C3O2. The van der Waals surface area contributed by atoms with E-state index in [1.807, 2.05) is 0 Å². The van der Waals surface area contributed by atoms with E-state index < -0.39 is 49.1 Å². The molecule has 8 aliphatic heterocycles. The maximum absolute atomic E-state index is 14.8. The van der Waals surface area contributed by atoms with E-state index in [1.165, 1.54) is 0 Å². The number of carbonyl (C=O) groups excluding carboxylic acids is 1. The van der Waals surface area contributed by atoms with Gasteiger partial charge >= 0.3 is 0 Å². The first-order chi connectivity index (χ1) is 35.1. The number of ketones is 1. The van der Waals surface area contributed by atoms with Crippen LogP contribution >= 0.6 is 15.9 Å². The lowest BCUT2D eigenvalue weighted by atomic mass is 9.81. The second kappa shape index (κ2) is 25.1. The zero-order valence-electron chi connectivity index (χ0n) is 49.2. The van der Waals surface area contributed by atoms with Gasteiger partial charge in [0.1, 0.15) is 36.3 Å². The molecule has 75 heavy (non-hydrogen) atoms. The van der Waals surface area contributed by atoms with Gasteiger partial charge in [-0.05, 0) is 109 Å². The number of fused-ring (bicyclic) bond motifs is 1. The number of hydrogen-bond acceptors (Lipinski definition) is 13. The van der Waals surface area contributed by atoms with Crippen LogP contribution in [0.5, 0.6) is 0 Å². The summed E-state index contributed by atoms with van der Waals surface area (Å²) in [5, 5.41) is 10.8. The molecule has 8 aliphatic rings. The molecule has 8 rings (SSSR count). The van der Waals surface area contributed by atoms with E-state index in [0.717, 1.165) is 60.5 Å². The molecule has 0 saturated carbocycles. The van der Waals surface area contributed by atoms with Crippen molar-refractivity contribution in [1.82, 2.24) is 0 Å². The molecule has 13 nitrogen and oxygen atoms in total. The Morgan fingerprint density at radius 2 is 1.48 bits per heavy atom. The van der Waals surface area contributed by atoms with Crippen molar-refractivity contribution in [3.8, 4) is 0 Å². The largest absolute Gasteiger partial charge is 0.417 e. The molecule has 12 unspecified atom stereocenters. The second-order valence-electron chi connectivity index (χ2n) is 27.0. The Labute approximate surface area is 465 Å². The summed E-state index contributed by atoms with van der Waals surface area (Å²) < 4.78 is 76.5. The highest BCUT2D eigenvalue weighted by Gasteiger charge is 2.69. The number of ether oxygens (including phenoxy) is 8. The normalized spacial score (nSPS) is 36.9. The van der Waals surface area contributed by atoms with Gasteiger partial charge in [-0.3, -0.25) is 4.79 Å². The van der Waals surface area contributed by atoms with Gasteiger partial charge in [-0.1, -0.05) is 98.3 Å². The predicted octanol–water partition coefficient (Wildman–Crippen LogP) is 12.5. The van der Waals surface area contributed by atoms with Gasteiger partial charge in [0, 0.05) is 64.6 Å². The quantitative estimate of drug-likeness (QED) is 0.0475. The van der Waals surface area contributed by atoms with Gasteiger partial charge in [0.15, 0.2) is 30.7 Å². The fourth-order valence-corrected chi connectivity index (χ4v) is 18.3. The van der Waals surface area contributed by atoms with Crippen LogP contribution in [0.2, 0.25) is 54.4 Å². The lowest BCUT2D eigenvalue weighted by Gasteiger charge is -2.47. The van der Waals surface area contributed by atoms with E-state index in [1.54, 1.807) is 7.11 Å². The molecule has 18 atom stereocenters. The highest BCUT2D eigenvalue weighted by molar-refractivity contribution is 9.11. The number of aliphatic hydroxyl groups is 1. The van der Waals surface area contributed by atoms with Gasteiger partial charge in [-0.2, -0.15) is 0 Å². The van der Waals surface area contributed by atoms with Crippen LogP contribution < -0.4 is 0 Å². The number of halogens is 1. The second-order valence-corrected chi connectivity index (χ2v) is 42.5. The summed E-state index contributed by atoms with van der Waals surface area (Å²) in [6.45, 7) is 41.8. The minimum absolute atomic E-state index is 0.00816. The molecule has 1 N–H and O–H groups in total. The Balaban J connectivity index is 1.08. The summed E-state index contributed by atoms with van der Waals surface area (Å²) in [7, 11) is -4.29.